The number of aromatic amines is 1. The van der Waals surface area contributed by atoms with Crippen LogP contribution in [0.2, 0.25) is 5.15 Å². The van der Waals surface area contributed by atoms with Crippen molar-refractivity contribution >= 4 is 34.8 Å². The molecule has 4 nitrogen and oxygen atoms in total. The Balaban J connectivity index is 2.16. The van der Waals surface area contributed by atoms with Crippen LogP contribution in [0.4, 0.5) is 5.69 Å². The van der Waals surface area contributed by atoms with Crippen molar-refractivity contribution in [1.82, 2.24) is 4.98 Å². The predicted molar refractivity (Wildman–Crippen MR) is 72.4 cm³/mol. The molecular formula is C11H10ClN3OS. The number of nitrogens with one attached hydrogen (secondary N) is 1. The van der Waals surface area contributed by atoms with Crippen LogP contribution in [-0.2, 0) is 0 Å². The molecule has 0 aliphatic heterocycles. The SMILES string of the molecule is CN(/N=C\c1sc(=O)[nH]c1Cl)c1ccccc1. The molecule has 0 atom stereocenters. The van der Waals surface area contributed by atoms with Crippen molar-refractivity contribution in [2.24, 2.45) is 5.10 Å². The Labute approximate surface area is 107 Å². The maximum atomic E-state index is 11.0. The zero-order valence-electron chi connectivity index (χ0n) is 9.05. The first-order valence-corrected chi connectivity index (χ1v) is 6.07. The molecule has 0 saturated carbocycles. The first kappa shape index (κ1) is 11.9. The van der Waals surface area contributed by atoms with Crippen molar-refractivity contribution in [3.63, 3.8) is 0 Å². The van der Waals surface area contributed by atoms with E-state index in [0.29, 0.717) is 10.0 Å². The minimum absolute atomic E-state index is 0.182. The van der Waals surface area contributed by atoms with Gasteiger partial charge in [0, 0.05) is 7.05 Å². The molecule has 88 valence electrons. The van der Waals surface area contributed by atoms with Crippen LogP contribution in [0.1, 0.15) is 4.88 Å². The van der Waals surface area contributed by atoms with Gasteiger partial charge in [0.05, 0.1) is 16.8 Å². The molecule has 6 heteroatoms. The number of nitrogens with zero attached hydrogens (tertiary/aromatic N) is 2. The molecule has 2 rings (SSSR count). The van der Waals surface area contributed by atoms with Crippen LogP contribution in [-0.4, -0.2) is 18.2 Å². The number of thiazole rings is 1. The lowest BCUT2D eigenvalue weighted by atomic mass is 10.3. The Morgan fingerprint density at radius 3 is 2.71 bits per heavy atom. The molecule has 0 spiro atoms. The predicted octanol–water partition coefficient (Wildman–Crippen LogP) is 2.56. The van der Waals surface area contributed by atoms with E-state index >= 15 is 0 Å². The van der Waals surface area contributed by atoms with E-state index in [-0.39, 0.29) is 4.87 Å². The smallest absolute Gasteiger partial charge is 0.303 e. The summed E-state index contributed by atoms with van der Waals surface area (Å²) in [5.74, 6) is 0. The number of halogens is 1. The quantitative estimate of drug-likeness (QED) is 0.686. The molecule has 1 N–H and O–H groups in total. The fraction of sp³-hybridized carbons (Fsp3) is 0.0909. The van der Waals surface area contributed by atoms with Gasteiger partial charge in [0.1, 0.15) is 5.15 Å². The van der Waals surface area contributed by atoms with Gasteiger partial charge in [0.2, 0.25) is 0 Å². The number of aromatic nitrogens is 1. The lowest BCUT2D eigenvalue weighted by Gasteiger charge is -2.11. The number of hydrogen-bond donors (Lipinski definition) is 1. The highest BCUT2D eigenvalue weighted by molar-refractivity contribution is 7.11. The van der Waals surface area contributed by atoms with E-state index < -0.39 is 0 Å². The van der Waals surface area contributed by atoms with Gasteiger partial charge in [-0.15, -0.1) is 0 Å². The lowest BCUT2D eigenvalue weighted by Crippen LogP contribution is -2.08. The second-order valence-corrected chi connectivity index (χ2v) is 4.69. The van der Waals surface area contributed by atoms with Crippen LogP contribution in [0.3, 0.4) is 0 Å². The van der Waals surface area contributed by atoms with E-state index in [1.807, 2.05) is 37.4 Å². The van der Waals surface area contributed by atoms with E-state index in [4.69, 9.17) is 11.6 Å². The zero-order valence-corrected chi connectivity index (χ0v) is 10.6. The topological polar surface area (TPSA) is 48.5 Å². The third-order valence-electron chi connectivity index (χ3n) is 2.11. The van der Waals surface area contributed by atoms with E-state index in [2.05, 4.69) is 10.1 Å². The average Bonchev–Trinajstić information content (AvgIpc) is 2.66. The summed E-state index contributed by atoms with van der Waals surface area (Å²) in [5, 5.41) is 6.25. The fourth-order valence-electron chi connectivity index (χ4n) is 1.25. The largest absolute Gasteiger partial charge is 0.306 e. The van der Waals surface area contributed by atoms with Crippen LogP contribution in [0.15, 0.2) is 40.2 Å². The van der Waals surface area contributed by atoms with Gasteiger partial charge in [-0.25, -0.2) is 0 Å². The summed E-state index contributed by atoms with van der Waals surface area (Å²) in [6, 6.07) is 9.69. The summed E-state index contributed by atoms with van der Waals surface area (Å²) >= 11 is 6.85. The number of H-pyrrole nitrogens is 1. The van der Waals surface area contributed by atoms with Crippen LogP contribution < -0.4 is 9.88 Å². The van der Waals surface area contributed by atoms with Gasteiger partial charge >= 0.3 is 4.87 Å². The molecule has 0 aliphatic rings. The van der Waals surface area contributed by atoms with Gasteiger partial charge in [-0.3, -0.25) is 9.80 Å². The molecule has 0 unspecified atom stereocenters. The van der Waals surface area contributed by atoms with Crippen molar-refractivity contribution in [3.05, 3.63) is 50.0 Å². The Kier molecular flexibility index (Phi) is 3.61. The van der Waals surface area contributed by atoms with Crippen LogP contribution in [0.5, 0.6) is 0 Å². The van der Waals surface area contributed by atoms with Gasteiger partial charge in [0.25, 0.3) is 0 Å². The summed E-state index contributed by atoms with van der Waals surface area (Å²) in [6.45, 7) is 0. The van der Waals surface area contributed by atoms with E-state index in [1.165, 1.54) is 0 Å². The van der Waals surface area contributed by atoms with Crippen LogP contribution in [0.25, 0.3) is 0 Å². The number of benzene rings is 1. The Bertz CT molecular complexity index is 576. The van der Waals surface area contributed by atoms with Crippen molar-refractivity contribution in [3.8, 4) is 0 Å². The molecule has 1 aromatic heterocycles. The molecule has 0 saturated heterocycles. The van der Waals surface area contributed by atoms with Gasteiger partial charge in [-0.1, -0.05) is 41.1 Å². The minimum atomic E-state index is -0.182. The third kappa shape index (κ3) is 2.95. The van der Waals surface area contributed by atoms with Crippen molar-refractivity contribution in [2.45, 2.75) is 0 Å². The fourth-order valence-corrected chi connectivity index (χ4v) is 2.15. The van der Waals surface area contributed by atoms with Gasteiger partial charge in [-0.2, -0.15) is 5.10 Å². The highest BCUT2D eigenvalue weighted by Gasteiger charge is 2.03. The highest BCUT2D eigenvalue weighted by atomic mass is 35.5. The van der Waals surface area contributed by atoms with E-state index in [0.717, 1.165) is 17.0 Å². The van der Waals surface area contributed by atoms with Gasteiger partial charge in [0.15, 0.2) is 0 Å². The second kappa shape index (κ2) is 5.16. The molecule has 0 bridgehead atoms. The maximum Gasteiger partial charge on any atom is 0.306 e. The normalized spacial score (nSPS) is 10.9. The summed E-state index contributed by atoms with van der Waals surface area (Å²) in [6.07, 6.45) is 1.57. The van der Waals surface area contributed by atoms with Crippen molar-refractivity contribution in [2.75, 3.05) is 12.1 Å². The van der Waals surface area contributed by atoms with Gasteiger partial charge < -0.3 is 4.98 Å². The lowest BCUT2D eigenvalue weighted by molar-refractivity contribution is 1.02. The second-order valence-electron chi connectivity index (χ2n) is 3.30. The summed E-state index contributed by atoms with van der Waals surface area (Å²) in [7, 11) is 1.83. The van der Waals surface area contributed by atoms with Crippen LogP contribution in [0, 0.1) is 0 Å². The summed E-state index contributed by atoms with van der Waals surface area (Å²) in [4.78, 5) is 14.0. The molecule has 17 heavy (non-hydrogen) atoms. The molecular weight excluding hydrogens is 258 g/mol. The van der Waals surface area contributed by atoms with E-state index in [9.17, 15) is 4.79 Å². The monoisotopic (exact) mass is 267 g/mol. The number of rotatable bonds is 3. The number of anilines is 1. The average molecular weight is 268 g/mol. The molecule has 2 aromatic rings. The van der Waals surface area contributed by atoms with E-state index in [1.54, 1.807) is 11.2 Å². The zero-order chi connectivity index (χ0) is 12.3. The first-order chi connectivity index (χ1) is 8.16. The summed E-state index contributed by atoms with van der Waals surface area (Å²) in [5.41, 5.74) is 0.961. The molecule has 0 aliphatic carbocycles. The number of hydrazone groups is 1. The standard InChI is InChI=1S/C11H10ClN3OS/c1-15(8-5-3-2-4-6-8)13-7-9-10(12)14-11(16)17-9/h2-7H,1H3,(H,14,16)/b13-7-. The molecule has 0 fully saturated rings. The Hall–Kier alpha value is -1.59. The molecule has 1 heterocycles. The van der Waals surface area contributed by atoms with Crippen LogP contribution >= 0.6 is 22.9 Å². The third-order valence-corrected chi connectivity index (χ3v) is 3.34. The molecule has 0 amide bonds. The van der Waals surface area contributed by atoms with Crippen molar-refractivity contribution < 1.29 is 0 Å². The molecule has 0 radical (unpaired) electrons. The minimum Gasteiger partial charge on any atom is -0.303 e. The number of para-hydroxylation sites is 1. The molecule has 1 aromatic carbocycles. The number of hydrogen-bond acceptors (Lipinski definition) is 4. The Morgan fingerprint density at radius 1 is 1.41 bits per heavy atom. The Morgan fingerprint density at radius 2 is 2.12 bits per heavy atom. The van der Waals surface area contributed by atoms with Crippen molar-refractivity contribution in [1.29, 1.82) is 0 Å². The highest BCUT2D eigenvalue weighted by Crippen LogP contribution is 2.14. The first-order valence-electron chi connectivity index (χ1n) is 4.88. The maximum absolute atomic E-state index is 11.0. The summed E-state index contributed by atoms with van der Waals surface area (Å²) < 4.78 is 0. The van der Waals surface area contributed by atoms with Gasteiger partial charge in [-0.05, 0) is 12.1 Å².